The fraction of sp³-hybridized carbons (Fsp3) is 0.615. The second-order valence-electron chi connectivity index (χ2n) is 5.20. The van der Waals surface area contributed by atoms with Gasteiger partial charge in [-0.3, -0.25) is 4.79 Å². The van der Waals surface area contributed by atoms with Crippen molar-refractivity contribution in [3.8, 4) is 0 Å². The van der Waals surface area contributed by atoms with E-state index >= 15 is 0 Å². The predicted molar refractivity (Wildman–Crippen MR) is 75.8 cm³/mol. The molecule has 112 valence electrons. The fourth-order valence-corrected chi connectivity index (χ4v) is 3.15. The zero-order valence-corrected chi connectivity index (χ0v) is 12.4. The molecule has 1 fully saturated rings. The van der Waals surface area contributed by atoms with Crippen LogP contribution in [0.15, 0.2) is 17.2 Å². The Kier molecular flexibility index (Phi) is 4.49. The quantitative estimate of drug-likeness (QED) is 0.875. The van der Waals surface area contributed by atoms with Crippen LogP contribution in [0.2, 0.25) is 0 Å². The average Bonchev–Trinajstić information content (AvgIpc) is 2.84. The van der Waals surface area contributed by atoms with Crippen LogP contribution >= 0.6 is 0 Å². The monoisotopic (exact) mass is 299 g/mol. The summed E-state index contributed by atoms with van der Waals surface area (Å²) in [5.41, 5.74) is 0.349. The van der Waals surface area contributed by atoms with Crippen molar-refractivity contribution in [1.29, 1.82) is 0 Å². The van der Waals surface area contributed by atoms with Gasteiger partial charge in [-0.2, -0.15) is 0 Å². The van der Waals surface area contributed by atoms with E-state index in [1.54, 1.807) is 4.57 Å². The molecule has 3 N–H and O–H groups in total. The number of rotatable bonds is 4. The molecule has 0 aliphatic heterocycles. The van der Waals surface area contributed by atoms with E-state index in [4.69, 9.17) is 5.14 Å². The molecule has 1 aromatic rings. The molecule has 1 saturated carbocycles. The molecule has 0 aromatic carbocycles. The lowest BCUT2D eigenvalue weighted by Crippen LogP contribution is -2.37. The Hall–Kier alpha value is -1.34. The number of hydrogen-bond acceptors (Lipinski definition) is 3. The van der Waals surface area contributed by atoms with Gasteiger partial charge in [-0.25, -0.2) is 13.6 Å². The van der Waals surface area contributed by atoms with Crippen LogP contribution in [0.3, 0.4) is 0 Å². The molecule has 7 heteroatoms. The number of aromatic nitrogens is 1. The van der Waals surface area contributed by atoms with Crippen LogP contribution in [0, 0.1) is 0 Å². The first-order chi connectivity index (χ1) is 9.41. The summed E-state index contributed by atoms with van der Waals surface area (Å²) in [5, 5.41) is 8.08. The number of hydrogen-bond donors (Lipinski definition) is 2. The Labute approximate surface area is 119 Å². The molecule has 0 bridgehead atoms. The average molecular weight is 299 g/mol. The van der Waals surface area contributed by atoms with Crippen molar-refractivity contribution in [2.24, 2.45) is 5.14 Å². The molecule has 1 aromatic heterocycles. The SMILES string of the molecule is CCn1cc(S(N)(=O)=O)cc1C(=O)NC1CCCCC1. The Morgan fingerprint density at radius 3 is 2.60 bits per heavy atom. The van der Waals surface area contributed by atoms with Gasteiger partial charge in [-0.1, -0.05) is 19.3 Å². The van der Waals surface area contributed by atoms with Gasteiger partial charge in [0.15, 0.2) is 0 Å². The minimum absolute atomic E-state index is 0.0202. The van der Waals surface area contributed by atoms with Gasteiger partial charge in [0.05, 0.1) is 0 Å². The summed E-state index contributed by atoms with van der Waals surface area (Å²) in [6.45, 7) is 2.37. The lowest BCUT2D eigenvalue weighted by atomic mass is 9.95. The zero-order chi connectivity index (χ0) is 14.8. The molecule has 6 nitrogen and oxygen atoms in total. The maximum atomic E-state index is 12.3. The first-order valence-electron chi connectivity index (χ1n) is 6.95. The van der Waals surface area contributed by atoms with Crippen molar-refractivity contribution in [1.82, 2.24) is 9.88 Å². The Morgan fingerprint density at radius 1 is 1.40 bits per heavy atom. The van der Waals surface area contributed by atoms with Crippen molar-refractivity contribution in [2.45, 2.75) is 56.5 Å². The second kappa shape index (κ2) is 5.97. The number of carbonyl (C=O) groups excluding carboxylic acids is 1. The highest BCUT2D eigenvalue weighted by atomic mass is 32.2. The molecule has 20 heavy (non-hydrogen) atoms. The van der Waals surface area contributed by atoms with Crippen LogP contribution in [0.25, 0.3) is 0 Å². The highest BCUT2D eigenvalue weighted by molar-refractivity contribution is 7.89. The predicted octanol–water partition coefficient (Wildman–Crippen LogP) is 1.22. The lowest BCUT2D eigenvalue weighted by Gasteiger charge is -2.22. The number of nitrogens with zero attached hydrogens (tertiary/aromatic N) is 1. The van der Waals surface area contributed by atoms with E-state index in [-0.39, 0.29) is 16.8 Å². The lowest BCUT2D eigenvalue weighted by molar-refractivity contribution is 0.0918. The first kappa shape index (κ1) is 15.1. The molecule has 0 radical (unpaired) electrons. The van der Waals surface area contributed by atoms with Crippen LogP contribution in [0.1, 0.15) is 49.5 Å². The summed E-state index contributed by atoms with van der Waals surface area (Å²) in [4.78, 5) is 12.2. The van der Waals surface area contributed by atoms with E-state index in [1.165, 1.54) is 18.7 Å². The van der Waals surface area contributed by atoms with E-state index in [9.17, 15) is 13.2 Å². The molecule has 2 rings (SSSR count). The van der Waals surface area contributed by atoms with Gasteiger partial charge in [0.25, 0.3) is 5.91 Å². The van der Waals surface area contributed by atoms with E-state index in [1.807, 2.05) is 6.92 Å². The summed E-state index contributed by atoms with van der Waals surface area (Å²) < 4.78 is 24.3. The van der Waals surface area contributed by atoms with Gasteiger partial charge in [-0.15, -0.1) is 0 Å². The molecule has 1 aliphatic carbocycles. The molecule has 1 heterocycles. The maximum absolute atomic E-state index is 12.3. The van der Waals surface area contributed by atoms with Crippen LogP contribution < -0.4 is 10.5 Å². The fourth-order valence-electron chi connectivity index (χ4n) is 2.60. The first-order valence-corrected chi connectivity index (χ1v) is 8.50. The van der Waals surface area contributed by atoms with Gasteiger partial charge in [-0.05, 0) is 25.8 Å². The zero-order valence-electron chi connectivity index (χ0n) is 11.6. The van der Waals surface area contributed by atoms with Gasteiger partial charge < -0.3 is 9.88 Å². The summed E-state index contributed by atoms with van der Waals surface area (Å²) in [6, 6.07) is 1.53. The van der Waals surface area contributed by atoms with E-state index < -0.39 is 10.0 Å². The number of primary sulfonamides is 1. The number of sulfonamides is 1. The van der Waals surface area contributed by atoms with Gasteiger partial charge in [0.2, 0.25) is 10.0 Å². The summed E-state index contributed by atoms with van der Waals surface area (Å²) in [7, 11) is -3.78. The molecule has 0 atom stereocenters. The van der Waals surface area contributed by atoms with Crippen LogP contribution in [-0.4, -0.2) is 24.9 Å². The number of nitrogens with one attached hydrogen (secondary N) is 1. The molecular formula is C13H21N3O3S. The second-order valence-corrected chi connectivity index (χ2v) is 6.76. The molecular weight excluding hydrogens is 278 g/mol. The minimum atomic E-state index is -3.78. The van der Waals surface area contributed by atoms with Gasteiger partial charge in [0, 0.05) is 18.8 Å². The smallest absolute Gasteiger partial charge is 0.268 e. The number of carbonyl (C=O) groups is 1. The molecule has 0 unspecified atom stereocenters. The summed E-state index contributed by atoms with van der Waals surface area (Å²) in [5.74, 6) is -0.228. The van der Waals surface area contributed by atoms with E-state index in [0.29, 0.717) is 12.2 Å². The van der Waals surface area contributed by atoms with Crippen molar-refractivity contribution >= 4 is 15.9 Å². The standard InChI is InChI=1S/C13H21N3O3S/c1-2-16-9-11(20(14,18)19)8-12(16)13(17)15-10-6-4-3-5-7-10/h8-10H,2-7H2,1H3,(H,15,17)(H2,14,18,19). The highest BCUT2D eigenvalue weighted by Crippen LogP contribution is 2.19. The van der Waals surface area contributed by atoms with Gasteiger partial charge in [0.1, 0.15) is 10.6 Å². The van der Waals surface area contributed by atoms with Crippen molar-refractivity contribution < 1.29 is 13.2 Å². The third-order valence-corrected chi connectivity index (χ3v) is 4.59. The molecule has 0 saturated heterocycles. The van der Waals surface area contributed by atoms with E-state index in [2.05, 4.69) is 5.32 Å². The number of nitrogens with two attached hydrogens (primary N) is 1. The number of aryl methyl sites for hydroxylation is 1. The van der Waals surface area contributed by atoms with Gasteiger partial charge >= 0.3 is 0 Å². The minimum Gasteiger partial charge on any atom is -0.348 e. The normalized spacial score (nSPS) is 17.1. The largest absolute Gasteiger partial charge is 0.348 e. The van der Waals surface area contributed by atoms with Crippen LogP contribution in [-0.2, 0) is 16.6 Å². The van der Waals surface area contributed by atoms with E-state index in [0.717, 1.165) is 25.7 Å². The van der Waals surface area contributed by atoms with Crippen molar-refractivity contribution in [3.05, 3.63) is 18.0 Å². The molecule has 1 aliphatic rings. The highest BCUT2D eigenvalue weighted by Gasteiger charge is 2.21. The maximum Gasteiger partial charge on any atom is 0.268 e. The third kappa shape index (κ3) is 3.40. The van der Waals surface area contributed by atoms with Crippen LogP contribution in [0.5, 0.6) is 0 Å². The summed E-state index contributed by atoms with van der Waals surface area (Å²) in [6.07, 6.45) is 6.85. The Balaban J connectivity index is 2.18. The summed E-state index contributed by atoms with van der Waals surface area (Å²) >= 11 is 0. The Morgan fingerprint density at radius 2 is 2.05 bits per heavy atom. The number of amides is 1. The molecule has 0 spiro atoms. The Bertz CT molecular complexity index is 586. The third-order valence-electron chi connectivity index (χ3n) is 3.71. The topological polar surface area (TPSA) is 94.2 Å². The van der Waals surface area contributed by atoms with Crippen molar-refractivity contribution in [3.63, 3.8) is 0 Å². The molecule has 1 amide bonds. The van der Waals surface area contributed by atoms with Crippen LogP contribution in [0.4, 0.5) is 0 Å². The van der Waals surface area contributed by atoms with Crippen molar-refractivity contribution in [2.75, 3.05) is 0 Å².